The molecule has 1 aliphatic rings. The summed E-state index contributed by atoms with van der Waals surface area (Å²) >= 11 is 0. The van der Waals surface area contributed by atoms with E-state index in [1.807, 2.05) is 54.6 Å². The number of hydrogen-bond acceptors (Lipinski definition) is 6. The topological polar surface area (TPSA) is 108 Å². The van der Waals surface area contributed by atoms with Crippen molar-refractivity contribution < 1.29 is 9.53 Å². The van der Waals surface area contributed by atoms with Crippen molar-refractivity contribution in [2.75, 3.05) is 5.32 Å². The molecule has 1 aromatic heterocycles. The van der Waals surface area contributed by atoms with Gasteiger partial charge in [0.05, 0.1) is 5.57 Å². The summed E-state index contributed by atoms with van der Waals surface area (Å²) in [5.41, 5.74) is 8.60. The van der Waals surface area contributed by atoms with E-state index in [1.54, 1.807) is 11.6 Å². The van der Waals surface area contributed by atoms with E-state index >= 15 is 0 Å². The molecule has 2 heterocycles. The molecule has 8 heteroatoms. The van der Waals surface area contributed by atoms with Gasteiger partial charge in [-0.3, -0.25) is 4.79 Å². The lowest BCUT2D eigenvalue weighted by atomic mass is 9.95. The Balaban J connectivity index is 1.60. The lowest BCUT2D eigenvalue weighted by Gasteiger charge is -2.26. The minimum Gasteiger partial charge on any atom is -0.489 e. The Morgan fingerprint density at radius 1 is 1.19 bits per heavy atom. The van der Waals surface area contributed by atoms with E-state index in [9.17, 15) is 4.79 Å². The van der Waals surface area contributed by atoms with Crippen LogP contribution in [0.1, 0.15) is 24.1 Å². The number of rotatable bonds is 5. The van der Waals surface area contributed by atoms with Crippen molar-refractivity contribution >= 4 is 11.9 Å². The highest BCUT2D eigenvalue weighted by atomic mass is 16.5. The highest BCUT2D eigenvalue weighted by Gasteiger charge is 2.32. The van der Waals surface area contributed by atoms with Crippen LogP contribution in [-0.2, 0) is 11.4 Å². The van der Waals surface area contributed by atoms with Gasteiger partial charge in [-0.2, -0.15) is 4.68 Å². The number of aromatic nitrogens is 4. The predicted molar refractivity (Wildman–Crippen MR) is 98.7 cm³/mol. The number of primary amides is 1. The average Bonchev–Trinajstić information content (AvgIpc) is 3.14. The summed E-state index contributed by atoms with van der Waals surface area (Å²) in [5.74, 6) is 0.678. The molecule has 0 saturated carbocycles. The van der Waals surface area contributed by atoms with Crippen LogP contribution in [0, 0.1) is 0 Å². The molecule has 8 nitrogen and oxygen atoms in total. The van der Waals surface area contributed by atoms with Crippen LogP contribution >= 0.6 is 0 Å². The van der Waals surface area contributed by atoms with Gasteiger partial charge in [-0.1, -0.05) is 47.6 Å². The zero-order chi connectivity index (χ0) is 18.8. The Kier molecular flexibility index (Phi) is 4.29. The van der Waals surface area contributed by atoms with Gasteiger partial charge in [0.15, 0.2) is 0 Å². The standard InChI is InChI=1S/C19H18N6O2/c1-12-16(18(20)26)17(25-19(21-12)22-23-24-25)14-7-9-15(10-8-14)27-11-13-5-3-2-4-6-13/h2-10,17H,11H2,1H3,(H2,20,26)(H,21,22,24)/t17-/m0/s1. The molecule has 136 valence electrons. The zero-order valence-electron chi connectivity index (χ0n) is 14.7. The van der Waals surface area contributed by atoms with Crippen LogP contribution in [0.25, 0.3) is 0 Å². The maximum absolute atomic E-state index is 12.0. The maximum atomic E-state index is 12.0. The number of fused-ring (bicyclic) bond motifs is 1. The zero-order valence-corrected chi connectivity index (χ0v) is 14.7. The number of nitrogens with one attached hydrogen (secondary N) is 1. The first kappa shape index (κ1) is 16.8. The molecule has 0 spiro atoms. The number of hydrogen-bond donors (Lipinski definition) is 2. The molecule has 1 amide bonds. The number of nitrogens with two attached hydrogens (primary N) is 1. The van der Waals surface area contributed by atoms with Crippen molar-refractivity contribution in [2.45, 2.75) is 19.6 Å². The Morgan fingerprint density at radius 2 is 1.93 bits per heavy atom. The summed E-state index contributed by atoms with van der Waals surface area (Å²) in [6, 6.07) is 16.9. The first-order valence-electron chi connectivity index (χ1n) is 8.45. The quantitative estimate of drug-likeness (QED) is 0.719. The molecule has 0 unspecified atom stereocenters. The third-order valence-electron chi connectivity index (χ3n) is 4.42. The second kappa shape index (κ2) is 6.91. The SMILES string of the molecule is CC1=C(C(N)=O)[C@H](c2ccc(OCc3ccccc3)cc2)n2nnnc2N1. The monoisotopic (exact) mass is 362 g/mol. The molecular weight excluding hydrogens is 344 g/mol. The average molecular weight is 362 g/mol. The van der Waals surface area contributed by atoms with E-state index in [0.29, 0.717) is 23.8 Å². The molecule has 2 aromatic carbocycles. The fraction of sp³-hybridized carbons (Fsp3) is 0.158. The maximum Gasteiger partial charge on any atom is 0.248 e. The third kappa shape index (κ3) is 3.24. The molecule has 1 atom stereocenters. The van der Waals surface area contributed by atoms with Crippen molar-refractivity contribution in [3.05, 3.63) is 77.0 Å². The fourth-order valence-electron chi connectivity index (χ4n) is 3.13. The van der Waals surface area contributed by atoms with E-state index in [-0.39, 0.29) is 0 Å². The number of nitrogens with zero attached hydrogens (tertiary/aromatic N) is 4. The number of benzene rings is 2. The Morgan fingerprint density at radius 3 is 2.63 bits per heavy atom. The van der Waals surface area contributed by atoms with Crippen molar-refractivity contribution in [2.24, 2.45) is 5.73 Å². The van der Waals surface area contributed by atoms with Crippen LogP contribution < -0.4 is 15.8 Å². The first-order chi connectivity index (χ1) is 13.1. The van der Waals surface area contributed by atoms with Crippen LogP contribution in [-0.4, -0.2) is 26.1 Å². The summed E-state index contributed by atoms with van der Waals surface area (Å²) in [6.07, 6.45) is 0. The molecule has 4 rings (SSSR count). The number of amides is 1. The summed E-state index contributed by atoms with van der Waals surface area (Å²) in [5, 5.41) is 14.6. The molecule has 0 bridgehead atoms. The molecule has 3 aromatic rings. The van der Waals surface area contributed by atoms with Gasteiger partial charge in [-0.25, -0.2) is 0 Å². The van der Waals surface area contributed by atoms with Gasteiger partial charge >= 0.3 is 0 Å². The van der Waals surface area contributed by atoms with E-state index in [0.717, 1.165) is 16.9 Å². The summed E-state index contributed by atoms with van der Waals surface area (Å²) in [4.78, 5) is 12.0. The van der Waals surface area contributed by atoms with Crippen LogP contribution in [0.3, 0.4) is 0 Å². The van der Waals surface area contributed by atoms with Gasteiger partial charge in [0.25, 0.3) is 0 Å². The third-order valence-corrected chi connectivity index (χ3v) is 4.42. The van der Waals surface area contributed by atoms with E-state index in [4.69, 9.17) is 10.5 Å². The lowest BCUT2D eigenvalue weighted by molar-refractivity contribution is -0.115. The fourth-order valence-corrected chi connectivity index (χ4v) is 3.13. The minimum absolute atomic E-state index is 0.424. The van der Waals surface area contributed by atoms with Crippen LogP contribution in [0.4, 0.5) is 5.95 Å². The smallest absolute Gasteiger partial charge is 0.248 e. The van der Waals surface area contributed by atoms with Crippen molar-refractivity contribution in [1.82, 2.24) is 20.2 Å². The van der Waals surface area contributed by atoms with E-state index in [1.165, 1.54) is 0 Å². The molecule has 0 saturated heterocycles. The van der Waals surface area contributed by atoms with Crippen LogP contribution in [0.15, 0.2) is 65.9 Å². The molecule has 1 aliphatic heterocycles. The largest absolute Gasteiger partial charge is 0.489 e. The number of carbonyl (C=O) groups is 1. The van der Waals surface area contributed by atoms with Crippen LogP contribution in [0.2, 0.25) is 0 Å². The second-order valence-electron chi connectivity index (χ2n) is 6.22. The number of tetrazole rings is 1. The van der Waals surface area contributed by atoms with Gasteiger partial charge in [0.2, 0.25) is 11.9 Å². The van der Waals surface area contributed by atoms with Gasteiger partial charge in [-0.15, -0.1) is 0 Å². The highest BCUT2D eigenvalue weighted by molar-refractivity contribution is 5.95. The van der Waals surface area contributed by atoms with Crippen molar-refractivity contribution in [3.8, 4) is 5.75 Å². The number of anilines is 1. The summed E-state index contributed by atoms with van der Waals surface area (Å²) < 4.78 is 7.37. The van der Waals surface area contributed by atoms with Gasteiger partial charge in [0.1, 0.15) is 18.4 Å². The van der Waals surface area contributed by atoms with E-state index < -0.39 is 11.9 Å². The predicted octanol–water partition coefficient (Wildman–Crippen LogP) is 2.03. The number of carbonyl (C=O) groups excluding carboxylic acids is 1. The Hall–Kier alpha value is -3.68. The Bertz CT molecular complexity index is 995. The van der Waals surface area contributed by atoms with Crippen LogP contribution in [0.5, 0.6) is 5.75 Å². The second-order valence-corrected chi connectivity index (χ2v) is 6.22. The van der Waals surface area contributed by atoms with E-state index in [2.05, 4.69) is 20.8 Å². The lowest BCUT2D eigenvalue weighted by Crippen LogP contribution is -2.31. The number of ether oxygens (including phenoxy) is 1. The molecular formula is C19H18N6O2. The minimum atomic E-state index is -0.518. The van der Waals surface area contributed by atoms with Gasteiger partial charge < -0.3 is 15.8 Å². The molecule has 0 aliphatic carbocycles. The molecule has 27 heavy (non-hydrogen) atoms. The first-order valence-corrected chi connectivity index (χ1v) is 8.45. The van der Waals surface area contributed by atoms with Crippen molar-refractivity contribution in [1.29, 1.82) is 0 Å². The van der Waals surface area contributed by atoms with Crippen molar-refractivity contribution in [3.63, 3.8) is 0 Å². The van der Waals surface area contributed by atoms with Gasteiger partial charge in [-0.05, 0) is 40.6 Å². The highest BCUT2D eigenvalue weighted by Crippen LogP contribution is 2.34. The normalized spacial score (nSPS) is 15.8. The molecule has 0 radical (unpaired) electrons. The Labute approximate surface area is 155 Å². The van der Waals surface area contributed by atoms with Gasteiger partial charge in [0, 0.05) is 5.70 Å². The molecule has 0 fully saturated rings. The number of allylic oxidation sites excluding steroid dienone is 1. The molecule has 3 N–H and O–H groups in total. The summed E-state index contributed by atoms with van der Waals surface area (Å²) in [6.45, 7) is 2.26. The summed E-state index contributed by atoms with van der Waals surface area (Å²) in [7, 11) is 0.